The Morgan fingerprint density at radius 2 is 1.93 bits per heavy atom. The fourth-order valence-electron chi connectivity index (χ4n) is 3.50. The van der Waals surface area contributed by atoms with Gasteiger partial charge in [0.05, 0.1) is 29.3 Å². The zero-order valence-electron chi connectivity index (χ0n) is 16.6. The van der Waals surface area contributed by atoms with Gasteiger partial charge in [-0.1, -0.05) is 12.1 Å². The summed E-state index contributed by atoms with van der Waals surface area (Å²) in [5.41, 5.74) is 11.3. The van der Waals surface area contributed by atoms with Crippen molar-refractivity contribution in [3.8, 4) is 28.5 Å². The molecule has 0 fully saturated rings. The average Bonchev–Trinajstić information content (AvgIpc) is 3.43. The van der Waals surface area contributed by atoms with Gasteiger partial charge in [0.25, 0.3) is 0 Å². The van der Waals surface area contributed by atoms with Gasteiger partial charge in [-0.2, -0.15) is 5.10 Å². The topological polar surface area (TPSA) is 95.7 Å². The van der Waals surface area contributed by atoms with Gasteiger partial charge in [-0.15, -0.1) is 0 Å². The normalized spacial score (nSPS) is 12.4. The van der Waals surface area contributed by atoms with E-state index in [0.717, 1.165) is 44.9 Å². The van der Waals surface area contributed by atoms with Crippen molar-refractivity contribution in [2.24, 2.45) is 5.73 Å². The van der Waals surface area contributed by atoms with E-state index in [9.17, 15) is 0 Å². The van der Waals surface area contributed by atoms with Gasteiger partial charge in [-0.05, 0) is 50.2 Å². The lowest BCUT2D eigenvalue weighted by atomic mass is 10.0. The van der Waals surface area contributed by atoms with Crippen LogP contribution < -0.4 is 5.73 Å². The van der Waals surface area contributed by atoms with Gasteiger partial charge in [0, 0.05) is 28.2 Å². The van der Waals surface area contributed by atoms with E-state index < -0.39 is 0 Å². The van der Waals surface area contributed by atoms with Crippen molar-refractivity contribution in [3.63, 3.8) is 0 Å². The molecule has 1 atom stereocenters. The van der Waals surface area contributed by atoms with Gasteiger partial charge < -0.3 is 10.2 Å². The van der Waals surface area contributed by atoms with Gasteiger partial charge in [-0.25, -0.2) is 14.6 Å². The minimum atomic E-state index is -0.151. The van der Waals surface area contributed by atoms with Crippen LogP contribution in [0, 0.1) is 6.92 Å². The lowest BCUT2D eigenvalue weighted by Crippen LogP contribution is -2.07. The first-order chi connectivity index (χ1) is 14.6. The molecule has 7 heteroatoms. The van der Waals surface area contributed by atoms with Crippen molar-refractivity contribution in [1.82, 2.24) is 24.7 Å². The van der Waals surface area contributed by atoms with E-state index >= 15 is 0 Å². The highest BCUT2D eigenvalue weighted by molar-refractivity contribution is 5.96. The summed E-state index contributed by atoms with van der Waals surface area (Å²) >= 11 is 0. The Labute approximate surface area is 173 Å². The number of benzene rings is 1. The van der Waals surface area contributed by atoms with Crippen LogP contribution in [-0.2, 0) is 0 Å². The third-order valence-electron chi connectivity index (χ3n) is 4.97. The Bertz CT molecular complexity index is 1340. The van der Waals surface area contributed by atoms with Crippen LogP contribution in [0.3, 0.4) is 0 Å². The average molecular weight is 396 g/mol. The molecule has 1 aromatic carbocycles. The van der Waals surface area contributed by atoms with Crippen molar-refractivity contribution in [3.05, 3.63) is 78.6 Å². The molecule has 4 heterocycles. The molecule has 5 rings (SSSR count). The standard InChI is InChI=1S/C23H20N6O/c1-14-5-3-8-22(27-14)29-21-12-16(20-7-4-6-19(28-20)15(2)24)11-17(18(21)13-26-29)23-25-9-10-30-23/h3-13,15H,24H2,1-2H3. The molecule has 0 radical (unpaired) electrons. The summed E-state index contributed by atoms with van der Waals surface area (Å²) in [4.78, 5) is 13.7. The maximum absolute atomic E-state index is 6.05. The van der Waals surface area contributed by atoms with E-state index in [1.807, 2.05) is 67.2 Å². The van der Waals surface area contributed by atoms with Crippen LogP contribution in [0.1, 0.15) is 24.4 Å². The third kappa shape index (κ3) is 3.15. The van der Waals surface area contributed by atoms with E-state index in [0.29, 0.717) is 5.89 Å². The molecule has 0 spiro atoms. The molecule has 0 bridgehead atoms. The summed E-state index contributed by atoms with van der Waals surface area (Å²) in [6.07, 6.45) is 5.01. The van der Waals surface area contributed by atoms with E-state index in [1.165, 1.54) is 0 Å². The summed E-state index contributed by atoms with van der Waals surface area (Å²) < 4.78 is 7.44. The van der Waals surface area contributed by atoms with Crippen LogP contribution in [0.2, 0.25) is 0 Å². The predicted molar refractivity (Wildman–Crippen MR) is 115 cm³/mol. The van der Waals surface area contributed by atoms with Crippen molar-refractivity contribution in [2.45, 2.75) is 19.9 Å². The molecule has 7 nitrogen and oxygen atoms in total. The first-order valence-electron chi connectivity index (χ1n) is 9.69. The number of rotatable bonds is 4. The van der Waals surface area contributed by atoms with Crippen LogP contribution >= 0.6 is 0 Å². The molecule has 0 aliphatic rings. The zero-order valence-corrected chi connectivity index (χ0v) is 16.6. The van der Waals surface area contributed by atoms with Crippen molar-refractivity contribution in [2.75, 3.05) is 0 Å². The van der Waals surface area contributed by atoms with Crippen LogP contribution in [0.5, 0.6) is 0 Å². The molecular weight excluding hydrogens is 376 g/mol. The predicted octanol–water partition coefficient (Wildman–Crippen LogP) is 4.47. The largest absolute Gasteiger partial charge is 0.445 e. The van der Waals surface area contributed by atoms with Crippen LogP contribution in [-0.4, -0.2) is 24.7 Å². The van der Waals surface area contributed by atoms with Crippen molar-refractivity contribution in [1.29, 1.82) is 0 Å². The molecule has 0 aliphatic carbocycles. The van der Waals surface area contributed by atoms with Crippen LogP contribution in [0.4, 0.5) is 0 Å². The molecule has 5 aromatic rings. The molecule has 0 amide bonds. The molecular formula is C23H20N6O. The lowest BCUT2D eigenvalue weighted by molar-refractivity contribution is 0.575. The van der Waals surface area contributed by atoms with Crippen molar-refractivity contribution < 1.29 is 4.42 Å². The minimum Gasteiger partial charge on any atom is -0.445 e. The highest BCUT2D eigenvalue weighted by Gasteiger charge is 2.17. The molecule has 1 unspecified atom stereocenters. The third-order valence-corrected chi connectivity index (χ3v) is 4.97. The maximum Gasteiger partial charge on any atom is 0.226 e. The second kappa shape index (κ2) is 7.20. The molecule has 0 aliphatic heterocycles. The van der Waals surface area contributed by atoms with Gasteiger partial charge in [0.2, 0.25) is 5.89 Å². The second-order valence-corrected chi connectivity index (χ2v) is 7.22. The SMILES string of the molecule is Cc1cccc(-n2ncc3c(-c4ncco4)cc(-c4cccc(C(C)N)n4)cc32)n1. The van der Waals surface area contributed by atoms with E-state index in [-0.39, 0.29) is 6.04 Å². The Hall–Kier alpha value is -3.84. The Kier molecular flexibility index (Phi) is 4.37. The zero-order chi connectivity index (χ0) is 20.7. The molecule has 4 aromatic heterocycles. The van der Waals surface area contributed by atoms with Gasteiger partial charge in [0.1, 0.15) is 6.26 Å². The molecule has 2 N–H and O–H groups in total. The summed E-state index contributed by atoms with van der Waals surface area (Å²) in [5, 5.41) is 5.53. The summed E-state index contributed by atoms with van der Waals surface area (Å²) in [6, 6.07) is 15.7. The summed E-state index contributed by atoms with van der Waals surface area (Å²) in [5.74, 6) is 1.28. The molecule has 148 valence electrons. The van der Waals surface area contributed by atoms with Gasteiger partial charge in [-0.3, -0.25) is 4.98 Å². The fourth-order valence-corrected chi connectivity index (χ4v) is 3.50. The van der Waals surface area contributed by atoms with E-state index in [4.69, 9.17) is 15.1 Å². The first kappa shape index (κ1) is 18.2. The van der Waals surface area contributed by atoms with E-state index in [1.54, 1.807) is 12.5 Å². The van der Waals surface area contributed by atoms with Gasteiger partial charge >= 0.3 is 0 Å². The Morgan fingerprint density at radius 3 is 2.70 bits per heavy atom. The quantitative estimate of drug-likeness (QED) is 0.482. The van der Waals surface area contributed by atoms with E-state index in [2.05, 4.69) is 21.1 Å². The number of fused-ring (bicyclic) bond motifs is 1. The maximum atomic E-state index is 6.05. The number of hydrogen-bond donors (Lipinski definition) is 1. The number of pyridine rings is 2. The van der Waals surface area contributed by atoms with Crippen LogP contribution in [0.25, 0.3) is 39.4 Å². The smallest absolute Gasteiger partial charge is 0.226 e. The number of nitrogens with two attached hydrogens (primary N) is 1. The number of aryl methyl sites for hydroxylation is 1. The summed E-state index contributed by atoms with van der Waals surface area (Å²) in [6.45, 7) is 3.88. The number of hydrogen-bond acceptors (Lipinski definition) is 6. The van der Waals surface area contributed by atoms with Crippen LogP contribution in [0.15, 0.2) is 71.6 Å². The number of aromatic nitrogens is 5. The van der Waals surface area contributed by atoms with Gasteiger partial charge in [0.15, 0.2) is 5.82 Å². The minimum absolute atomic E-state index is 0.151. The highest BCUT2D eigenvalue weighted by Crippen LogP contribution is 2.34. The highest BCUT2D eigenvalue weighted by atomic mass is 16.3. The fraction of sp³-hybridized carbons (Fsp3) is 0.130. The molecule has 0 saturated carbocycles. The molecule has 0 saturated heterocycles. The number of oxazole rings is 1. The second-order valence-electron chi connectivity index (χ2n) is 7.22. The van der Waals surface area contributed by atoms with Crippen molar-refractivity contribution >= 4 is 10.9 Å². The Balaban J connectivity index is 1.78. The monoisotopic (exact) mass is 396 g/mol. The lowest BCUT2D eigenvalue weighted by Gasteiger charge is -2.10. The Morgan fingerprint density at radius 1 is 1.07 bits per heavy atom. The first-order valence-corrected chi connectivity index (χ1v) is 9.69. The molecule has 30 heavy (non-hydrogen) atoms. The summed E-state index contributed by atoms with van der Waals surface area (Å²) in [7, 11) is 0. The number of nitrogens with zero attached hydrogens (tertiary/aromatic N) is 5.